The van der Waals surface area contributed by atoms with Gasteiger partial charge in [-0.3, -0.25) is 19.3 Å². The van der Waals surface area contributed by atoms with Crippen molar-refractivity contribution in [3.8, 4) is 0 Å². The van der Waals surface area contributed by atoms with Crippen LogP contribution in [0.15, 0.2) is 0 Å². The molecule has 5 amide bonds. The fourth-order valence-corrected chi connectivity index (χ4v) is 4.25. The summed E-state index contributed by atoms with van der Waals surface area (Å²) in [5.74, 6) is -0.549. The Morgan fingerprint density at radius 1 is 1.12 bits per heavy atom. The Hall–Kier alpha value is -2.12. The molecule has 8 nitrogen and oxygen atoms in total. The van der Waals surface area contributed by atoms with Crippen LogP contribution in [0.1, 0.15) is 47.0 Å². The van der Waals surface area contributed by atoms with Crippen LogP contribution >= 0.6 is 0 Å². The minimum Gasteiger partial charge on any atom is -0.340 e. The minimum atomic E-state index is -0.985. The third-order valence-electron chi connectivity index (χ3n) is 5.84. The van der Waals surface area contributed by atoms with Gasteiger partial charge in [-0.1, -0.05) is 0 Å². The van der Waals surface area contributed by atoms with E-state index in [1.165, 1.54) is 0 Å². The van der Waals surface area contributed by atoms with E-state index in [2.05, 4.69) is 5.32 Å². The highest BCUT2D eigenvalue weighted by Crippen LogP contribution is 2.40. The maximum absolute atomic E-state index is 13.0. The smallest absolute Gasteiger partial charge is 0.325 e. The summed E-state index contributed by atoms with van der Waals surface area (Å²) in [5.41, 5.74) is -1.49. The summed E-state index contributed by atoms with van der Waals surface area (Å²) in [5, 5.41) is 2.58. The zero-order chi connectivity index (χ0) is 19.3. The molecule has 3 saturated heterocycles. The van der Waals surface area contributed by atoms with Crippen molar-refractivity contribution in [2.75, 3.05) is 26.2 Å². The first-order chi connectivity index (χ1) is 12.1. The molecule has 0 radical (unpaired) electrons. The van der Waals surface area contributed by atoms with E-state index in [-0.39, 0.29) is 24.4 Å². The van der Waals surface area contributed by atoms with Crippen LogP contribution in [-0.2, 0) is 14.4 Å². The van der Waals surface area contributed by atoms with E-state index >= 15 is 0 Å². The molecule has 0 bridgehead atoms. The van der Waals surface area contributed by atoms with Crippen LogP contribution in [0.25, 0.3) is 0 Å². The summed E-state index contributed by atoms with van der Waals surface area (Å²) in [4.78, 5) is 54.4. The van der Waals surface area contributed by atoms with Gasteiger partial charge in [0.2, 0.25) is 11.8 Å². The number of carbonyl (C=O) groups is 4. The Kier molecular flexibility index (Phi) is 4.48. The number of carbonyl (C=O) groups excluding carboxylic acids is 4. The topological polar surface area (TPSA) is 90.0 Å². The van der Waals surface area contributed by atoms with Crippen molar-refractivity contribution in [1.29, 1.82) is 0 Å². The zero-order valence-electron chi connectivity index (χ0n) is 16.0. The minimum absolute atomic E-state index is 0.130. The second-order valence-electron chi connectivity index (χ2n) is 8.49. The molecule has 1 N–H and O–H groups in total. The Labute approximate surface area is 153 Å². The summed E-state index contributed by atoms with van der Waals surface area (Å²) < 4.78 is 0. The third kappa shape index (κ3) is 2.95. The summed E-state index contributed by atoms with van der Waals surface area (Å²) in [7, 11) is 0. The highest BCUT2D eigenvalue weighted by atomic mass is 16.2. The predicted molar refractivity (Wildman–Crippen MR) is 94.0 cm³/mol. The predicted octanol–water partition coefficient (Wildman–Crippen LogP) is 0.566. The largest absolute Gasteiger partial charge is 0.340 e. The first-order valence-electron chi connectivity index (χ1n) is 9.30. The summed E-state index contributed by atoms with van der Waals surface area (Å²) in [6, 6.07) is -0.389. The third-order valence-corrected chi connectivity index (χ3v) is 5.84. The Balaban J connectivity index is 1.67. The van der Waals surface area contributed by atoms with Gasteiger partial charge in [0.25, 0.3) is 5.91 Å². The van der Waals surface area contributed by atoms with Gasteiger partial charge in [0.1, 0.15) is 12.1 Å². The van der Waals surface area contributed by atoms with Crippen LogP contribution in [-0.4, -0.2) is 76.2 Å². The van der Waals surface area contributed by atoms with Crippen molar-refractivity contribution in [3.05, 3.63) is 0 Å². The highest BCUT2D eigenvalue weighted by molar-refractivity contribution is 6.08. The number of hydrogen-bond acceptors (Lipinski definition) is 4. The number of nitrogens with zero attached hydrogens (tertiary/aromatic N) is 3. The van der Waals surface area contributed by atoms with Gasteiger partial charge >= 0.3 is 6.03 Å². The van der Waals surface area contributed by atoms with Crippen LogP contribution in [0, 0.1) is 5.41 Å². The lowest BCUT2D eigenvalue weighted by Crippen LogP contribution is -2.53. The van der Waals surface area contributed by atoms with E-state index in [1.54, 1.807) is 18.7 Å². The molecule has 0 aromatic carbocycles. The lowest BCUT2D eigenvalue weighted by Gasteiger charge is -2.41. The standard InChI is InChI=1S/C18H28N4O4/c1-12(2)21-8-5-6-18(15(21)25)7-9-20(11-18)13(23)10-22-14(24)17(3,4)19-16(22)26/h12H,5-11H2,1-4H3,(H,19,26)/t18-/m0/s1. The SMILES string of the molecule is CC(C)N1CCC[C@@]2(CCN(C(=O)CN3C(=O)NC(C)(C)C3=O)C2)C1=O. The molecular formula is C18H28N4O4. The molecule has 8 heteroatoms. The molecule has 3 aliphatic rings. The number of piperidine rings is 1. The molecule has 26 heavy (non-hydrogen) atoms. The van der Waals surface area contributed by atoms with Crippen LogP contribution in [0.4, 0.5) is 4.79 Å². The van der Waals surface area contributed by atoms with E-state index in [9.17, 15) is 19.2 Å². The molecule has 0 aromatic heterocycles. The number of nitrogens with one attached hydrogen (secondary N) is 1. The van der Waals surface area contributed by atoms with Gasteiger partial charge in [0, 0.05) is 25.7 Å². The average molecular weight is 364 g/mol. The molecule has 0 aromatic rings. The number of imide groups is 1. The number of urea groups is 1. The van der Waals surface area contributed by atoms with Gasteiger partial charge in [-0.25, -0.2) is 4.79 Å². The van der Waals surface area contributed by atoms with Crippen LogP contribution in [0.2, 0.25) is 0 Å². The molecule has 3 heterocycles. The maximum atomic E-state index is 13.0. The van der Waals surface area contributed by atoms with Gasteiger partial charge in [0.05, 0.1) is 5.41 Å². The average Bonchev–Trinajstić information content (AvgIpc) is 3.06. The molecular weight excluding hydrogens is 336 g/mol. The number of rotatable bonds is 3. The molecule has 0 saturated carbocycles. The molecule has 3 fully saturated rings. The molecule has 0 aliphatic carbocycles. The van der Waals surface area contributed by atoms with Gasteiger partial charge in [-0.2, -0.15) is 0 Å². The molecule has 3 aliphatic heterocycles. The van der Waals surface area contributed by atoms with Crippen molar-refractivity contribution < 1.29 is 19.2 Å². The second kappa shape index (κ2) is 6.25. The maximum Gasteiger partial charge on any atom is 0.325 e. The lowest BCUT2D eigenvalue weighted by atomic mass is 9.78. The molecule has 1 spiro atoms. The Bertz CT molecular complexity index is 660. The van der Waals surface area contributed by atoms with E-state index < -0.39 is 22.9 Å². The second-order valence-corrected chi connectivity index (χ2v) is 8.49. The van der Waals surface area contributed by atoms with Gasteiger partial charge in [-0.15, -0.1) is 0 Å². The van der Waals surface area contributed by atoms with Gasteiger partial charge < -0.3 is 15.1 Å². The molecule has 0 unspecified atom stereocenters. The van der Waals surface area contributed by atoms with E-state index in [0.29, 0.717) is 19.5 Å². The first kappa shape index (κ1) is 18.7. The lowest BCUT2D eigenvalue weighted by molar-refractivity contribution is -0.148. The van der Waals surface area contributed by atoms with Gasteiger partial charge in [0.15, 0.2) is 0 Å². The van der Waals surface area contributed by atoms with Crippen molar-refractivity contribution in [2.24, 2.45) is 5.41 Å². The van der Waals surface area contributed by atoms with Crippen LogP contribution in [0.3, 0.4) is 0 Å². The number of hydrogen-bond donors (Lipinski definition) is 1. The summed E-state index contributed by atoms with van der Waals surface area (Å²) in [6.45, 7) is 8.61. The first-order valence-corrected chi connectivity index (χ1v) is 9.30. The fraction of sp³-hybridized carbons (Fsp3) is 0.778. The highest BCUT2D eigenvalue weighted by Gasteiger charge is 2.51. The van der Waals surface area contributed by atoms with Crippen molar-refractivity contribution in [1.82, 2.24) is 20.0 Å². The number of likely N-dealkylation sites (tertiary alicyclic amines) is 2. The van der Waals surface area contributed by atoms with E-state index in [4.69, 9.17) is 0 Å². The molecule has 3 rings (SSSR count). The molecule has 1 atom stereocenters. The van der Waals surface area contributed by atoms with Crippen molar-refractivity contribution in [2.45, 2.75) is 58.5 Å². The fourth-order valence-electron chi connectivity index (χ4n) is 4.25. The van der Waals surface area contributed by atoms with Crippen molar-refractivity contribution in [3.63, 3.8) is 0 Å². The summed E-state index contributed by atoms with van der Waals surface area (Å²) >= 11 is 0. The van der Waals surface area contributed by atoms with E-state index in [0.717, 1.165) is 24.3 Å². The van der Waals surface area contributed by atoms with Crippen LogP contribution < -0.4 is 5.32 Å². The van der Waals surface area contributed by atoms with E-state index in [1.807, 2.05) is 18.7 Å². The zero-order valence-corrected chi connectivity index (χ0v) is 16.0. The Morgan fingerprint density at radius 3 is 2.38 bits per heavy atom. The van der Waals surface area contributed by atoms with Gasteiger partial charge in [-0.05, 0) is 47.0 Å². The number of amides is 5. The van der Waals surface area contributed by atoms with Crippen LogP contribution in [0.5, 0.6) is 0 Å². The monoisotopic (exact) mass is 364 g/mol. The van der Waals surface area contributed by atoms with Crippen molar-refractivity contribution >= 4 is 23.8 Å². The molecule has 144 valence electrons. The summed E-state index contributed by atoms with van der Waals surface area (Å²) in [6.07, 6.45) is 2.37. The quantitative estimate of drug-likeness (QED) is 0.741. The Morgan fingerprint density at radius 2 is 1.81 bits per heavy atom. The normalized spacial score (nSPS) is 28.5.